The predicted molar refractivity (Wildman–Crippen MR) is 138 cm³/mol. The average Bonchev–Trinajstić information content (AvgIpc) is 2.99. The van der Waals surface area contributed by atoms with Gasteiger partial charge < -0.3 is 4.74 Å². The third kappa shape index (κ3) is 4.82. The molecule has 4 heteroatoms. The molecule has 5 rings (SSSR count). The normalized spacial score (nSPS) is 20.1. The smallest absolute Gasteiger partial charge is 0.153 e. The van der Waals surface area contributed by atoms with Crippen LogP contribution in [0.1, 0.15) is 47.4 Å². The van der Waals surface area contributed by atoms with Gasteiger partial charge in [-0.1, -0.05) is 84.3 Å². The van der Waals surface area contributed by atoms with E-state index in [1.54, 1.807) is 0 Å². The average molecular weight is 474 g/mol. The molecule has 0 bridgehead atoms. The molecule has 3 aromatic rings. The molecule has 2 nitrogen and oxygen atoms in total. The number of nitrogens with zero attached hydrogens (tertiary/aromatic N) is 1. The zero-order valence-corrected chi connectivity index (χ0v) is 20.2. The molecule has 2 heterocycles. The lowest BCUT2D eigenvalue weighted by molar-refractivity contribution is 0.251. The molecule has 2 aliphatic rings. The molecule has 3 aromatic carbocycles. The molecule has 0 amide bonds. The maximum atomic E-state index is 13.8. The van der Waals surface area contributed by atoms with Crippen LogP contribution in [0.15, 0.2) is 89.5 Å². The Labute approximate surface area is 206 Å². The summed E-state index contributed by atoms with van der Waals surface area (Å²) >= 11 is 7.20. The Balaban J connectivity index is 1.68. The summed E-state index contributed by atoms with van der Waals surface area (Å²) in [6.07, 6.45) is 6.01. The van der Waals surface area contributed by atoms with Crippen molar-refractivity contribution in [3.8, 4) is 5.75 Å². The van der Waals surface area contributed by atoms with E-state index in [-0.39, 0.29) is 11.7 Å². The summed E-state index contributed by atoms with van der Waals surface area (Å²) in [6.45, 7) is 5.10. The third-order valence-electron chi connectivity index (χ3n) is 6.74. The van der Waals surface area contributed by atoms with E-state index in [0.717, 1.165) is 47.6 Å². The second kappa shape index (κ2) is 10.2. The number of aryl methyl sites for hydroxylation is 1. The van der Waals surface area contributed by atoms with Crippen molar-refractivity contribution in [3.05, 3.63) is 118 Å². The van der Waals surface area contributed by atoms with Gasteiger partial charge in [-0.05, 0) is 62.2 Å². The Hall–Kier alpha value is -2.88. The van der Waals surface area contributed by atoms with Gasteiger partial charge in [-0.15, -0.1) is 0 Å². The van der Waals surface area contributed by atoms with Crippen molar-refractivity contribution < 1.29 is 9.13 Å². The second-order valence-corrected chi connectivity index (χ2v) is 9.53. The van der Waals surface area contributed by atoms with Gasteiger partial charge in [0, 0.05) is 23.6 Å². The summed E-state index contributed by atoms with van der Waals surface area (Å²) in [4.78, 5) is 2.48. The van der Waals surface area contributed by atoms with Gasteiger partial charge in [0.1, 0.15) is 11.6 Å². The van der Waals surface area contributed by atoms with Crippen LogP contribution in [0.4, 0.5) is 4.39 Å². The van der Waals surface area contributed by atoms with E-state index in [1.807, 2.05) is 30.3 Å². The quantitative estimate of drug-likeness (QED) is 0.385. The first-order valence-corrected chi connectivity index (χ1v) is 12.4. The molecule has 1 saturated heterocycles. The minimum absolute atomic E-state index is 0.156. The van der Waals surface area contributed by atoms with E-state index in [2.05, 4.69) is 48.2 Å². The highest BCUT2D eigenvalue weighted by Gasteiger charge is 2.31. The maximum absolute atomic E-state index is 13.8. The largest absolute Gasteiger partial charge is 0.455 e. The van der Waals surface area contributed by atoms with Crippen LogP contribution in [0.3, 0.4) is 0 Å². The minimum atomic E-state index is -0.247. The summed E-state index contributed by atoms with van der Waals surface area (Å²) in [6, 6.07) is 23.1. The van der Waals surface area contributed by atoms with Crippen molar-refractivity contribution in [2.75, 3.05) is 19.6 Å². The fraction of sp³-hybridized carbons (Fsp3) is 0.267. The van der Waals surface area contributed by atoms with Gasteiger partial charge in [0.15, 0.2) is 5.76 Å². The zero-order valence-electron chi connectivity index (χ0n) is 19.4. The third-order valence-corrected chi connectivity index (χ3v) is 7.13. The van der Waals surface area contributed by atoms with E-state index >= 15 is 0 Å². The number of halogens is 2. The summed E-state index contributed by atoms with van der Waals surface area (Å²) in [5, 5.41) is 0.603. The molecule has 0 unspecified atom stereocenters. The Morgan fingerprint density at radius 1 is 0.941 bits per heavy atom. The molecule has 0 radical (unpaired) electrons. The lowest BCUT2D eigenvalue weighted by Crippen LogP contribution is -2.30. The van der Waals surface area contributed by atoms with Crippen molar-refractivity contribution in [3.63, 3.8) is 0 Å². The highest BCUT2D eigenvalue weighted by atomic mass is 35.5. The van der Waals surface area contributed by atoms with Gasteiger partial charge in [-0.25, -0.2) is 4.39 Å². The monoisotopic (exact) mass is 473 g/mol. The van der Waals surface area contributed by atoms with Crippen LogP contribution >= 0.6 is 11.6 Å². The first-order valence-electron chi connectivity index (χ1n) is 12.0. The fourth-order valence-corrected chi connectivity index (χ4v) is 5.21. The molecule has 0 aromatic heterocycles. The first kappa shape index (κ1) is 22.9. The molecule has 1 fully saturated rings. The van der Waals surface area contributed by atoms with Crippen molar-refractivity contribution in [2.24, 2.45) is 0 Å². The Bertz CT molecular complexity index is 1210. The Morgan fingerprint density at radius 3 is 2.38 bits per heavy atom. The lowest BCUT2D eigenvalue weighted by atomic mass is 9.83. The van der Waals surface area contributed by atoms with Crippen LogP contribution in [0, 0.1) is 12.7 Å². The van der Waals surface area contributed by atoms with E-state index in [1.165, 1.54) is 37.0 Å². The van der Waals surface area contributed by atoms with Crippen LogP contribution in [0.5, 0.6) is 5.75 Å². The molecule has 0 aliphatic carbocycles. The number of para-hydroxylation sites is 1. The summed E-state index contributed by atoms with van der Waals surface area (Å²) in [5.41, 5.74) is 5.14. The zero-order chi connectivity index (χ0) is 23.5. The van der Waals surface area contributed by atoms with Crippen LogP contribution in [0.25, 0.3) is 5.76 Å². The minimum Gasteiger partial charge on any atom is -0.455 e. The molecule has 34 heavy (non-hydrogen) atoms. The Kier molecular flexibility index (Phi) is 6.85. The van der Waals surface area contributed by atoms with E-state index < -0.39 is 0 Å². The number of piperidine rings is 1. The van der Waals surface area contributed by atoms with Crippen molar-refractivity contribution in [1.82, 2.24) is 4.90 Å². The topological polar surface area (TPSA) is 12.5 Å². The van der Waals surface area contributed by atoms with Gasteiger partial charge in [0.25, 0.3) is 0 Å². The number of allylic oxidation sites excluding steroid dienone is 2. The summed E-state index contributed by atoms with van der Waals surface area (Å²) in [5.74, 6) is 1.02. The molecule has 0 saturated carbocycles. The molecule has 0 spiro atoms. The van der Waals surface area contributed by atoms with E-state index in [4.69, 9.17) is 16.3 Å². The van der Waals surface area contributed by atoms with Crippen LogP contribution in [0.2, 0.25) is 0 Å². The van der Waals surface area contributed by atoms with Gasteiger partial charge in [-0.2, -0.15) is 0 Å². The number of rotatable bonds is 4. The molecule has 0 N–H and O–H groups in total. The molecular weight excluding hydrogens is 445 g/mol. The lowest BCUT2D eigenvalue weighted by Gasteiger charge is -2.26. The second-order valence-electron chi connectivity index (χ2n) is 9.15. The predicted octanol–water partition coefficient (Wildman–Crippen LogP) is 7.68. The van der Waals surface area contributed by atoms with E-state index in [9.17, 15) is 4.39 Å². The van der Waals surface area contributed by atoms with Crippen LogP contribution in [-0.2, 0) is 0 Å². The number of likely N-dealkylation sites (tertiary alicyclic amines) is 1. The van der Waals surface area contributed by atoms with Crippen molar-refractivity contribution >= 4 is 17.4 Å². The number of ether oxygens (including phenoxy) is 1. The molecular formula is C30H29ClFNO. The number of fused-ring (bicyclic) bond motifs is 1. The highest BCUT2D eigenvalue weighted by molar-refractivity contribution is 6.35. The SMILES string of the molecule is Cc1ccc(C2=C(Cl)/C(=C\CN3CCCCC3)[C@H](c3ccc(F)cc3)c3ccccc3O2)cc1. The van der Waals surface area contributed by atoms with Crippen molar-refractivity contribution in [2.45, 2.75) is 32.1 Å². The van der Waals surface area contributed by atoms with Gasteiger partial charge >= 0.3 is 0 Å². The number of benzene rings is 3. The van der Waals surface area contributed by atoms with Gasteiger partial charge in [0.05, 0.1) is 5.03 Å². The molecule has 1 atom stereocenters. The summed E-state index contributed by atoms with van der Waals surface area (Å²) < 4.78 is 20.3. The first-order chi connectivity index (χ1) is 16.6. The van der Waals surface area contributed by atoms with Crippen molar-refractivity contribution in [1.29, 1.82) is 0 Å². The Morgan fingerprint density at radius 2 is 1.65 bits per heavy atom. The summed E-state index contributed by atoms with van der Waals surface area (Å²) in [7, 11) is 0. The maximum Gasteiger partial charge on any atom is 0.153 e. The van der Waals surface area contributed by atoms with Gasteiger partial charge in [-0.3, -0.25) is 4.90 Å². The highest BCUT2D eigenvalue weighted by Crippen LogP contribution is 2.47. The molecule has 174 valence electrons. The fourth-order valence-electron chi connectivity index (χ4n) is 4.87. The standard InChI is InChI=1S/C30H29ClFNO/c1-21-9-11-23(12-10-21)30-29(31)26(17-20-33-18-5-2-6-19-33)28(22-13-15-24(32)16-14-22)25-7-3-4-8-27(25)34-30/h3-4,7-17,28H,2,5-6,18-20H2,1H3/b26-17-/t28-/m1/s1. The van der Waals surface area contributed by atoms with Gasteiger partial charge in [0.2, 0.25) is 0 Å². The number of hydrogen-bond acceptors (Lipinski definition) is 2. The number of hydrogen-bond donors (Lipinski definition) is 0. The van der Waals surface area contributed by atoms with Crippen LogP contribution in [-0.4, -0.2) is 24.5 Å². The van der Waals surface area contributed by atoms with Crippen LogP contribution < -0.4 is 4.74 Å². The molecule has 2 aliphatic heterocycles. The van der Waals surface area contributed by atoms with E-state index in [0.29, 0.717) is 10.8 Å².